The first-order valence-electron chi connectivity index (χ1n) is 6.93. The summed E-state index contributed by atoms with van der Waals surface area (Å²) in [5, 5.41) is 18.5. The lowest BCUT2D eigenvalue weighted by molar-refractivity contribution is 0.0368. The van der Waals surface area contributed by atoms with Gasteiger partial charge in [0.2, 0.25) is 0 Å². The van der Waals surface area contributed by atoms with E-state index in [0.717, 1.165) is 11.1 Å². The zero-order chi connectivity index (χ0) is 16.0. The van der Waals surface area contributed by atoms with E-state index in [0.29, 0.717) is 12.0 Å². The topological polar surface area (TPSA) is 60.8 Å². The van der Waals surface area contributed by atoms with Gasteiger partial charge in [-0.1, -0.05) is 11.8 Å². The van der Waals surface area contributed by atoms with Crippen molar-refractivity contribution in [2.45, 2.75) is 32.8 Å². The van der Waals surface area contributed by atoms with Gasteiger partial charge in [-0.3, -0.25) is 4.79 Å². The van der Waals surface area contributed by atoms with E-state index in [1.54, 1.807) is 33.0 Å². The molecule has 1 aromatic carbocycles. The van der Waals surface area contributed by atoms with E-state index >= 15 is 0 Å². The number of aliphatic hydroxyl groups excluding tert-OH is 1. The molecule has 114 valence electrons. The van der Waals surface area contributed by atoms with E-state index in [1.165, 1.54) is 4.90 Å². The summed E-state index contributed by atoms with van der Waals surface area (Å²) < 4.78 is 0. The average Bonchev–Trinajstić information content (AvgIpc) is 2.38. The van der Waals surface area contributed by atoms with Gasteiger partial charge in [-0.2, -0.15) is 0 Å². The Morgan fingerprint density at radius 3 is 2.57 bits per heavy atom. The molecule has 0 atom stereocenters. The van der Waals surface area contributed by atoms with Crippen molar-refractivity contribution < 1.29 is 15.0 Å². The van der Waals surface area contributed by atoms with Crippen molar-refractivity contribution >= 4 is 5.91 Å². The van der Waals surface area contributed by atoms with E-state index in [4.69, 9.17) is 5.11 Å². The largest absolute Gasteiger partial charge is 0.395 e. The van der Waals surface area contributed by atoms with Crippen LogP contribution in [0.3, 0.4) is 0 Å². The minimum absolute atomic E-state index is 0.0460. The highest BCUT2D eigenvalue weighted by Crippen LogP contribution is 2.13. The van der Waals surface area contributed by atoms with Crippen molar-refractivity contribution in [3.05, 3.63) is 34.9 Å². The number of aliphatic hydroxyl groups is 2. The molecule has 0 aromatic heterocycles. The molecule has 0 heterocycles. The van der Waals surface area contributed by atoms with Gasteiger partial charge >= 0.3 is 0 Å². The zero-order valence-electron chi connectivity index (χ0n) is 13.1. The highest BCUT2D eigenvalue weighted by molar-refractivity contribution is 5.94. The predicted molar refractivity (Wildman–Crippen MR) is 83.0 cm³/mol. The number of hydrogen-bond donors (Lipinski definition) is 2. The molecule has 0 aliphatic rings. The van der Waals surface area contributed by atoms with Gasteiger partial charge in [0.25, 0.3) is 5.91 Å². The van der Waals surface area contributed by atoms with Gasteiger partial charge in [-0.15, -0.1) is 0 Å². The van der Waals surface area contributed by atoms with Crippen LogP contribution in [-0.2, 0) is 0 Å². The lowest BCUT2D eigenvalue weighted by Crippen LogP contribution is -2.39. The van der Waals surface area contributed by atoms with Gasteiger partial charge in [0, 0.05) is 31.1 Å². The Kier molecular flexibility index (Phi) is 5.95. The Morgan fingerprint density at radius 2 is 2.05 bits per heavy atom. The Hall–Kier alpha value is -1.83. The van der Waals surface area contributed by atoms with Crippen LogP contribution in [0.15, 0.2) is 18.2 Å². The fourth-order valence-corrected chi connectivity index (χ4v) is 2.02. The number of hydrogen-bond acceptors (Lipinski definition) is 3. The number of carbonyl (C=O) groups is 1. The lowest BCUT2D eigenvalue weighted by atomic mass is 10.0. The maximum absolute atomic E-state index is 12.3. The third-order valence-electron chi connectivity index (χ3n) is 2.90. The summed E-state index contributed by atoms with van der Waals surface area (Å²) in [6.07, 6.45) is 0.439. The fourth-order valence-electron chi connectivity index (χ4n) is 2.02. The molecule has 0 spiro atoms. The fraction of sp³-hybridized carbons (Fsp3) is 0.471. The van der Waals surface area contributed by atoms with Crippen LogP contribution in [0.4, 0.5) is 0 Å². The summed E-state index contributed by atoms with van der Waals surface area (Å²) in [6.45, 7) is 5.55. The molecule has 0 fully saturated rings. The molecule has 21 heavy (non-hydrogen) atoms. The number of rotatable bonds is 4. The molecule has 0 aliphatic heterocycles. The number of likely N-dealkylation sites (N-methyl/N-ethyl adjacent to an activating group) is 1. The molecule has 2 N–H and O–H groups in total. The summed E-state index contributed by atoms with van der Waals surface area (Å²) in [6, 6.07) is 5.34. The second-order valence-corrected chi connectivity index (χ2v) is 5.78. The molecule has 1 aromatic rings. The van der Waals surface area contributed by atoms with E-state index < -0.39 is 5.60 Å². The standard InChI is InChI=1S/C17H23NO3/c1-13-11-15(9-8-14(13)7-5-6-10-19)16(20)18(4)12-17(2,3)21/h8-9,11,19,21H,6,10,12H2,1-4H3. The van der Waals surface area contributed by atoms with Gasteiger partial charge in [-0.05, 0) is 44.5 Å². The summed E-state index contributed by atoms with van der Waals surface area (Å²) in [4.78, 5) is 13.8. The van der Waals surface area contributed by atoms with E-state index in [9.17, 15) is 9.90 Å². The van der Waals surface area contributed by atoms with Gasteiger partial charge < -0.3 is 15.1 Å². The van der Waals surface area contributed by atoms with Crippen molar-refractivity contribution in [1.29, 1.82) is 0 Å². The van der Waals surface area contributed by atoms with Crippen LogP contribution >= 0.6 is 0 Å². The molecule has 4 nitrogen and oxygen atoms in total. The summed E-state index contributed by atoms with van der Waals surface area (Å²) in [5.41, 5.74) is 1.43. The number of amides is 1. The maximum atomic E-state index is 12.3. The van der Waals surface area contributed by atoms with Crippen LogP contribution in [0.25, 0.3) is 0 Å². The SMILES string of the molecule is Cc1cc(C(=O)N(C)CC(C)(C)O)ccc1C#CCCO. The van der Waals surface area contributed by atoms with Crippen molar-refractivity contribution in [1.82, 2.24) is 4.90 Å². The molecule has 0 saturated carbocycles. The molecule has 4 heteroatoms. The minimum Gasteiger partial charge on any atom is -0.395 e. The monoisotopic (exact) mass is 289 g/mol. The van der Waals surface area contributed by atoms with Crippen LogP contribution in [0.2, 0.25) is 0 Å². The average molecular weight is 289 g/mol. The van der Waals surface area contributed by atoms with Crippen LogP contribution in [0, 0.1) is 18.8 Å². The number of aryl methyl sites for hydroxylation is 1. The third kappa shape index (κ3) is 5.58. The number of benzene rings is 1. The van der Waals surface area contributed by atoms with Gasteiger partial charge in [0.1, 0.15) is 0 Å². The van der Waals surface area contributed by atoms with Crippen molar-refractivity contribution in [2.75, 3.05) is 20.2 Å². The van der Waals surface area contributed by atoms with E-state index in [-0.39, 0.29) is 19.1 Å². The first-order valence-corrected chi connectivity index (χ1v) is 6.93. The Balaban J connectivity index is 2.89. The molecule has 0 saturated heterocycles. The maximum Gasteiger partial charge on any atom is 0.253 e. The van der Waals surface area contributed by atoms with Crippen molar-refractivity contribution in [2.24, 2.45) is 0 Å². The van der Waals surface area contributed by atoms with E-state index in [1.807, 2.05) is 13.0 Å². The van der Waals surface area contributed by atoms with Crippen LogP contribution < -0.4 is 0 Å². The van der Waals surface area contributed by atoms with Crippen LogP contribution in [0.5, 0.6) is 0 Å². The lowest BCUT2D eigenvalue weighted by Gasteiger charge is -2.25. The van der Waals surface area contributed by atoms with Crippen LogP contribution in [0.1, 0.15) is 41.8 Å². The quantitative estimate of drug-likeness (QED) is 0.827. The molecule has 0 aliphatic carbocycles. The summed E-state index contributed by atoms with van der Waals surface area (Å²) in [7, 11) is 1.67. The first kappa shape index (κ1) is 17.2. The third-order valence-corrected chi connectivity index (χ3v) is 2.90. The van der Waals surface area contributed by atoms with Gasteiger partial charge in [0.05, 0.1) is 12.2 Å². The van der Waals surface area contributed by atoms with Crippen molar-refractivity contribution in [3.8, 4) is 11.8 Å². The molecular formula is C17H23NO3. The minimum atomic E-state index is -0.921. The second-order valence-electron chi connectivity index (χ2n) is 5.78. The van der Waals surface area contributed by atoms with Gasteiger partial charge in [-0.25, -0.2) is 0 Å². The Morgan fingerprint density at radius 1 is 1.38 bits per heavy atom. The highest BCUT2D eigenvalue weighted by Gasteiger charge is 2.20. The summed E-state index contributed by atoms with van der Waals surface area (Å²) in [5.74, 6) is 5.71. The molecule has 1 amide bonds. The van der Waals surface area contributed by atoms with Crippen LogP contribution in [-0.4, -0.2) is 46.8 Å². The smallest absolute Gasteiger partial charge is 0.253 e. The normalized spacial score (nSPS) is 10.8. The Labute approximate surface area is 126 Å². The Bertz CT molecular complexity index is 562. The second kappa shape index (κ2) is 7.26. The first-order chi connectivity index (χ1) is 9.74. The zero-order valence-corrected chi connectivity index (χ0v) is 13.1. The van der Waals surface area contributed by atoms with E-state index in [2.05, 4.69) is 11.8 Å². The molecule has 0 bridgehead atoms. The highest BCUT2D eigenvalue weighted by atomic mass is 16.3. The predicted octanol–water partition coefficient (Wildman–Crippen LogP) is 1.57. The summed E-state index contributed by atoms with van der Waals surface area (Å²) >= 11 is 0. The molecule has 0 radical (unpaired) electrons. The molecule has 1 rings (SSSR count). The van der Waals surface area contributed by atoms with Gasteiger partial charge in [0.15, 0.2) is 0 Å². The molecule has 0 unspecified atom stereocenters. The number of nitrogens with zero attached hydrogens (tertiary/aromatic N) is 1. The number of carbonyl (C=O) groups excluding carboxylic acids is 1. The van der Waals surface area contributed by atoms with Crippen molar-refractivity contribution in [3.63, 3.8) is 0 Å². The molecular weight excluding hydrogens is 266 g/mol.